The van der Waals surface area contributed by atoms with E-state index in [9.17, 15) is 9.90 Å². The van der Waals surface area contributed by atoms with Gasteiger partial charge in [0.05, 0.1) is 13.7 Å². The third-order valence-corrected chi connectivity index (χ3v) is 5.04. The van der Waals surface area contributed by atoms with E-state index in [1.165, 1.54) is 0 Å². The molecule has 1 amide bonds. The van der Waals surface area contributed by atoms with E-state index in [-0.39, 0.29) is 12.5 Å². The first-order valence-corrected chi connectivity index (χ1v) is 8.28. The second-order valence-corrected chi connectivity index (χ2v) is 6.74. The lowest BCUT2D eigenvalue weighted by molar-refractivity contribution is -0.158. The Morgan fingerprint density at radius 1 is 1.30 bits per heavy atom. The lowest BCUT2D eigenvalue weighted by Gasteiger charge is -2.42. The predicted molar refractivity (Wildman–Crippen MR) is 86.3 cm³/mol. The fourth-order valence-corrected chi connectivity index (χ4v) is 3.74. The minimum absolute atomic E-state index is 0.0111. The van der Waals surface area contributed by atoms with Crippen molar-refractivity contribution in [2.75, 3.05) is 26.8 Å². The fraction of sp³-hybridized carbons (Fsp3) is 0.611. The van der Waals surface area contributed by atoms with Crippen LogP contribution in [0.25, 0.3) is 0 Å². The summed E-state index contributed by atoms with van der Waals surface area (Å²) in [5.41, 5.74) is -1.06. The maximum absolute atomic E-state index is 12.9. The minimum Gasteiger partial charge on any atom is -0.496 e. The summed E-state index contributed by atoms with van der Waals surface area (Å²) in [6.07, 6.45) is 3.04. The Bertz CT molecular complexity index is 582. The lowest BCUT2D eigenvalue weighted by Crippen LogP contribution is -2.54. The van der Waals surface area contributed by atoms with Crippen molar-refractivity contribution in [2.45, 2.75) is 43.8 Å². The molecule has 2 heterocycles. The SMILES string of the molecule is COc1ccccc1[C@@]1(O)CCCN(C(=O)[C@@]2(C)CCCO2)C1. The summed E-state index contributed by atoms with van der Waals surface area (Å²) < 4.78 is 11.1. The molecule has 0 radical (unpaired) electrons. The number of methoxy groups -OCH3 is 1. The Morgan fingerprint density at radius 2 is 2.09 bits per heavy atom. The number of aliphatic hydroxyl groups is 1. The Hall–Kier alpha value is -1.59. The molecule has 1 aromatic carbocycles. The van der Waals surface area contributed by atoms with Gasteiger partial charge in [-0.15, -0.1) is 0 Å². The smallest absolute Gasteiger partial charge is 0.254 e. The zero-order valence-electron chi connectivity index (χ0n) is 13.9. The van der Waals surface area contributed by atoms with Gasteiger partial charge in [-0.05, 0) is 38.7 Å². The van der Waals surface area contributed by atoms with Crippen LogP contribution in [0.2, 0.25) is 0 Å². The first kappa shape index (κ1) is 16.3. The lowest BCUT2D eigenvalue weighted by atomic mass is 9.84. The van der Waals surface area contributed by atoms with Crippen LogP contribution in [0.3, 0.4) is 0 Å². The van der Waals surface area contributed by atoms with Crippen LogP contribution in [-0.4, -0.2) is 48.3 Å². The molecule has 0 aromatic heterocycles. The minimum atomic E-state index is -1.07. The number of para-hydroxylation sites is 1. The van der Waals surface area contributed by atoms with Crippen LogP contribution in [-0.2, 0) is 15.1 Å². The summed E-state index contributed by atoms with van der Waals surface area (Å²) in [6.45, 7) is 3.44. The Labute approximate surface area is 137 Å². The summed E-state index contributed by atoms with van der Waals surface area (Å²) in [6, 6.07) is 7.49. The number of likely N-dealkylation sites (tertiary alicyclic amines) is 1. The molecule has 5 nitrogen and oxygen atoms in total. The van der Waals surface area contributed by atoms with Crippen LogP contribution in [0, 0.1) is 0 Å². The second-order valence-electron chi connectivity index (χ2n) is 6.74. The second kappa shape index (κ2) is 6.13. The van der Waals surface area contributed by atoms with Crippen LogP contribution in [0.1, 0.15) is 38.2 Å². The van der Waals surface area contributed by atoms with Crippen molar-refractivity contribution < 1.29 is 19.4 Å². The van der Waals surface area contributed by atoms with Crippen molar-refractivity contribution in [1.82, 2.24) is 4.90 Å². The zero-order valence-corrected chi connectivity index (χ0v) is 13.9. The molecular weight excluding hydrogens is 294 g/mol. The van der Waals surface area contributed by atoms with Gasteiger partial charge < -0.3 is 19.5 Å². The highest BCUT2D eigenvalue weighted by molar-refractivity contribution is 5.85. The van der Waals surface area contributed by atoms with Crippen molar-refractivity contribution >= 4 is 5.91 Å². The third kappa shape index (κ3) is 2.95. The van der Waals surface area contributed by atoms with Crippen molar-refractivity contribution in [3.05, 3.63) is 29.8 Å². The maximum atomic E-state index is 12.9. The van der Waals surface area contributed by atoms with E-state index in [4.69, 9.17) is 9.47 Å². The van der Waals surface area contributed by atoms with E-state index in [0.29, 0.717) is 25.3 Å². The van der Waals surface area contributed by atoms with Crippen LogP contribution in [0.5, 0.6) is 5.75 Å². The van der Waals surface area contributed by atoms with E-state index in [1.807, 2.05) is 31.2 Å². The van der Waals surface area contributed by atoms with Gasteiger partial charge in [0.25, 0.3) is 5.91 Å². The summed E-state index contributed by atoms with van der Waals surface area (Å²) in [4.78, 5) is 14.6. The van der Waals surface area contributed by atoms with Gasteiger partial charge in [-0.1, -0.05) is 18.2 Å². The molecule has 3 rings (SSSR count). The molecule has 1 N–H and O–H groups in total. The van der Waals surface area contributed by atoms with Gasteiger partial charge in [-0.25, -0.2) is 0 Å². The van der Waals surface area contributed by atoms with Crippen molar-refractivity contribution in [1.29, 1.82) is 0 Å². The van der Waals surface area contributed by atoms with Crippen LogP contribution in [0.15, 0.2) is 24.3 Å². The summed E-state index contributed by atoms with van der Waals surface area (Å²) in [5.74, 6) is 0.649. The summed E-state index contributed by atoms with van der Waals surface area (Å²) in [5, 5.41) is 11.2. The highest BCUT2D eigenvalue weighted by Gasteiger charge is 2.45. The topological polar surface area (TPSA) is 59.0 Å². The Morgan fingerprint density at radius 3 is 2.78 bits per heavy atom. The van der Waals surface area contributed by atoms with E-state index >= 15 is 0 Å². The molecule has 2 aliphatic heterocycles. The van der Waals surface area contributed by atoms with E-state index in [1.54, 1.807) is 12.0 Å². The molecule has 126 valence electrons. The first-order valence-electron chi connectivity index (χ1n) is 8.28. The van der Waals surface area contributed by atoms with E-state index in [0.717, 1.165) is 24.8 Å². The largest absolute Gasteiger partial charge is 0.496 e. The van der Waals surface area contributed by atoms with Gasteiger partial charge in [-0.2, -0.15) is 0 Å². The highest BCUT2D eigenvalue weighted by Crippen LogP contribution is 2.38. The maximum Gasteiger partial charge on any atom is 0.254 e. The molecule has 2 fully saturated rings. The average molecular weight is 319 g/mol. The van der Waals surface area contributed by atoms with Crippen molar-refractivity contribution in [2.24, 2.45) is 0 Å². The van der Waals surface area contributed by atoms with Crippen molar-refractivity contribution in [3.63, 3.8) is 0 Å². The zero-order chi connectivity index (χ0) is 16.5. The van der Waals surface area contributed by atoms with Gasteiger partial charge in [0.15, 0.2) is 0 Å². The standard InChI is InChI=1S/C18H25NO4/c1-17(9-6-12-23-17)16(20)19-11-5-10-18(21,13-19)14-7-3-4-8-15(14)22-2/h3-4,7-8,21H,5-6,9-13H2,1-2H3/t17-,18-/m1/s1. The number of carbonyl (C=O) groups is 1. The molecule has 1 aromatic rings. The summed E-state index contributed by atoms with van der Waals surface area (Å²) in [7, 11) is 1.60. The predicted octanol–water partition coefficient (Wildman–Crippen LogP) is 2.07. The number of benzene rings is 1. The summed E-state index contributed by atoms with van der Waals surface area (Å²) >= 11 is 0. The van der Waals surface area contributed by atoms with E-state index in [2.05, 4.69) is 0 Å². The molecule has 2 atom stereocenters. The van der Waals surface area contributed by atoms with Crippen LogP contribution in [0.4, 0.5) is 0 Å². The number of amides is 1. The van der Waals surface area contributed by atoms with Gasteiger partial charge in [0.2, 0.25) is 0 Å². The molecular formula is C18H25NO4. The average Bonchev–Trinajstić information content (AvgIpc) is 3.02. The Balaban J connectivity index is 1.83. The normalized spacial score (nSPS) is 31.2. The van der Waals surface area contributed by atoms with Crippen LogP contribution >= 0.6 is 0 Å². The highest BCUT2D eigenvalue weighted by atomic mass is 16.5. The number of rotatable bonds is 3. The molecule has 0 saturated carbocycles. The van der Waals surface area contributed by atoms with Gasteiger partial charge in [0.1, 0.15) is 17.0 Å². The third-order valence-electron chi connectivity index (χ3n) is 5.04. The monoisotopic (exact) mass is 319 g/mol. The quantitative estimate of drug-likeness (QED) is 0.926. The molecule has 2 aliphatic rings. The molecule has 23 heavy (non-hydrogen) atoms. The number of piperidine rings is 1. The molecule has 2 saturated heterocycles. The Kier molecular flexibility index (Phi) is 4.34. The van der Waals surface area contributed by atoms with Gasteiger partial charge >= 0.3 is 0 Å². The number of carbonyl (C=O) groups excluding carboxylic acids is 1. The molecule has 0 spiro atoms. The first-order chi connectivity index (χ1) is 11.0. The molecule has 0 aliphatic carbocycles. The fourth-order valence-electron chi connectivity index (χ4n) is 3.74. The van der Waals surface area contributed by atoms with E-state index < -0.39 is 11.2 Å². The molecule has 0 unspecified atom stereocenters. The number of β-amino-alcohol motifs (C(OH)–C–C–N with tert-alkyl or cyclic N) is 1. The number of hydrogen-bond donors (Lipinski definition) is 1. The van der Waals surface area contributed by atoms with Gasteiger partial charge in [0, 0.05) is 18.7 Å². The van der Waals surface area contributed by atoms with Crippen molar-refractivity contribution in [3.8, 4) is 5.75 Å². The van der Waals surface area contributed by atoms with Gasteiger partial charge in [-0.3, -0.25) is 4.79 Å². The number of ether oxygens (including phenoxy) is 2. The molecule has 0 bridgehead atoms. The molecule has 5 heteroatoms. The number of hydrogen-bond acceptors (Lipinski definition) is 4. The number of nitrogens with zero attached hydrogens (tertiary/aromatic N) is 1. The van der Waals surface area contributed by atoms with Crippen LogP contribution < -0.4 is 4.74 Å².